The highest BCUT2D eigenvalue weighted by atomic mass is 32.2. The molecule has 2 N–H and O–H groups in total. The summed E-state index contributed by atoms with van der Waals surface area (Å²) in [5.74, 6) is 0.225. The first-order valence-corrected chi connectivity index (χ1v) is 8.23. The van der Waals surface area contributed by atoms with Crippen molar-refractivity contribution in [3.63, 3.8) is 0 Å². The summed E-state index contributed by atoms with van der Waals surface area (Å²) in [6.45, 7) is 5.09. The fourth-order valence-electron chi connectivity index (χ4n) is 2.48. The third-order valence-corrected chi connectivity index (χ3v) is 5.35. The second-order valence-corrected chi connectivity index (χ2v) is 7.42. The lowest BCUT2D eigenvalue weighted by Gasteiger charge is -2.33. The van der Waals surface area contributed by atoms with Crippen LogP contribution in [0.2, 0.25) is 0 Å². The van der Waals surface area contributed by atoms with E-state index in [9.17, 15) is 13.2 Å². The van der Waals surface area contributed by atoms with E-state index in [1.165, 1.54) is 0 Å². The summed E-state index contributed by atoms with van der Waals surface area (Å²) in [5, 5.41) is 6.09. The first-order valence-electron chi connectivity index (χ1n) is 6.41. The first-order chi connectivity index (χ1) is 8.46. The summed E-state index contributed by atoms with van der Waals surface area (Å²) in [6.07, 6.45) is 0.547. The molecule has 2 heterocycles. The molecule has 7 heteroatoms. The molecule has 0 aromatic rings. The van der Waals surface area contributed by atoms with E-state index >= 15 is 0 Å². The Bertz CT molecular complexity index is 410. The minimum Gasteiger partial charge on any atom is -0.351 e. The van der Waals surface area contributed by atoms with Crippen LogP contribution in [-0.4, -0.2) is 69.0 Å². The van der Waals surface area contributed by atoms with Gasteiger partial charge in [-0.2, -0.15) is 0 Å². The zero-order chi connectivity index (χ0) is 13.2. The SMILES string of the molecule is C[C@H]1CNCCN1CC(=O)NC1CCS(=O)(=O)C1. The highest BCUT2D eigenvalue weighted by molar-refractivity contribution is 7.91. The van der Waals surface area contributed by atoms with Crippen molar-refractivity contribution in [3.05, 3.63) is 0 Å². The fraction of sp³-hybridized carbons (Fsp3) is 0.909. The predicted octanol–water partition coefficient (Wildman–Crippen LogP) is -1.42. The maximum atomic E-state index is 11.9. The molecule has 2 fully saturated rings. The summed E-state index contributed by atoms with van der Waals surface area (Å²) >= 11 is 0. The molecule has 18 heavy (non-hydrogen) atoms. The summed E-state index contributed by atoms with van der Waals surface area (Å²) in [5.41, 5.74) is 0. The van der Waals surface area contributed by atoms with Crippen LogP contribution in [0.15, 0.2) is 0 Å². The minimum absolute atomic E-state index is 0.0640. The molecule has 0 aromatic carbocycles. The molecule has 0 aliphatic carbocycles. The molecule has 2 saturated heterocycles. The molecule has 2 atom stereocenters. The van der Waals surface area contributed by atoms with E-state index in [2.05, 4.69) is 22.5 Å². The van der Waals surface area contributed by atoms with Crippen LogP contribution >= 0.6 is 0 Å². The Balaban J connectivity index is 1.78. The van der Waals surface area contributed by atoms with Crippen LogP contribution in [0.1, 0.15) is 13.3 Å². The van der Waals surface area contributed by atoms with E-state index in [1.54, 1.807) is 0 Å². The number of nitrogens with zero attached hydrogens (tertiary/aromatic N) is 1. The van der Waals surface area contributed by atoms with Crippen molar-refractivity contribution in [2.45, 2.75) is 25.4 Å². The van der Waals surface area contributed by atoms with E-state index in [0.29, 0.717) is 19.0 Å². The van der Waals surface area contributed by atoms with Gasteiger partial charge in [0.1, 0.15) is 0 Å². The van der Waals surface area contributed by atoms with Crippen molar-refractivity contribution in [3.8, 4) is 0 Å². The van der Waals surface area contributed by atoms with Crippen molar-refractivity contribution < 1.29 is 13.2 Å². The van der Waals surface area contributed by atoms with Gasteiger partial charge in [0.2, 0.25) is 5.91 Å². The second kappa shape index (κ2) is 5.54. The van der Waals surface area contributed by atoms with Gasteiger partial charge in [0.15, 0.2) is 9.84 Å². The van der Waals surface area contributed by atoms with Crippen molar-refractivity contribution in [2.24, 2.45) is 0 Å². The maximum Gasteiger partial charge on any atom is 0.234 e. The monoisotopic (exact) mass is 275 g/mol. The first kappa shape index (κ1) is 13.8. The van der Waals surface area contributed by atoms with Crippen LogP contribution in [0.5, 0.6) is 0 Å². The molecular weight excluding hydrogens is 254 g/mol. The van der Waals surface area contributed by atoms with Gasteiger partial charge < -0.3 is 10.6 Å². The summed E-state index contributed by atoms with van der Waals surface area (Å²) in [7, 11) is -2.92. The van der Waals surface area contributed by atoms with Gasteiger partial charge in [0.25, 0.3) is 0 Å². The Morgan fingerprint density at radius 1 is 1.50 bits per heavy atom. The van der Waals surface area contributed by atoms with Crippen LogP contribution in [0.4, 0.5) is 0 Å². The second-order valence-electron chi connectivity index (χ2n) is 5.19. The summed E-state index contributed by atoms with van der Waals surface area (Å²) in [6, 6.07) is 0.150. The van der Waals surface area contributed by atoms with Gasteiger partial charge in [-0.25, -0.2) is 8.42 Å². The highest BCUT2D eigenvalue weighted by Crippen LogP contribution is 2.11. The van der Waals surface area contributed by atoms with Gasteiger partial charge in [-0.05, 0) is 13.3 Å². The molecule has 1 unspecified atom stereocenters. The van der Waals surface area contributed by atoms with E-state index in [0.717, 1.165) is 19.6 Å². The predicted molar refractivity (Wildman–Crippen MR) is 69.1 cm³/mol. The van der Waals surface area contributed by atoms with E-state index in [-0.39, 0.29) is 23.5 Å². The molecule has 2 aliphatic rings. The summed E-state index contributed by atoms with van der Waals surface area (Å²) < 4.78 is 22.6. The molecule has 2 aliphatic heterocycles. The zero-order valence-electron chi connectivity index (χ0n) is 10.7. The van der Waals surface area contributed by atoms with Crippen molar-refractivity contribution in [1.29, 1.82) is 0 Å². The minimum atomic E-state index is -2.92. The average Bonchev–Trinajstić information content (AvgIpc) is 2.61. The average molecular weight is 275 g/mol. The smallest absolute Gasteiger partial charge is 0.234 e. The van der Waals surface area contributed by atoms with Gasteiger partial charge in [-0.1, -0.05) is 0 Å². The quantitative estimate of drug-likeness (QED) is 0.661. The normalized spacial score (nSPS) is 32.3. The number of carbonyl (C=O) groups is 1. The number of rotatable bonds is 3. The largest absolute Gasteiger partial charge is 0.351 e. The van der Waals surface area contributed by atoms with Crippen LogP contribution in [0.25, 0.3) is 0 Å². The Hall–Kier alpha value is -0.660. The number of nitrogens with one attached hydrogen (secondary N) is 2. The van der Waals surface area contributed by atoms with Crippen LogP contribution < -0.4 is 10.6 Å². The number of carbonyl (C=O) groups excluding carboxylic acids is 1. The lowest BCUT2D eigenvalue weighted by atomic mass is 10.2. The molecule has 0 aromatic heterocycles. The van der Waals surface area contributed by atoms with Gasteiger partial charge >= 0.3 is 0 Å². The molecule has 104 valence electrons. The molecule has 0 radical (unpaired) electrons. The molecule has 1 amide bonds. The van der Waals surface area contributed by atoms with Gasteiger partial charge in [0.05, 0.1) is 18.1 Å². The van der Waals surface area contributed by atoms with Crippen molar-refractivity contribution in [1.82, 2.24) is 15.5 Å². The van der Waals surface area contributed by atoms with E-state index in [4.69, 9.17) is 0 Å². The topological polar surface area (TPSA) is 78.5 Å². The Morgan fingerprint density at radius 3 is 2.89 bits per heavy atom. The zero-order valence-corrected chi connectivity index (χ0v) is 11.5. The molecule has 0 bridgehead atoms. The lowest BCUT2D eigenvalue weighted by molar-refractivity contribution is -0.123. The number of amides is 1. The Labute approximate surface area is 108 Å². The maximum absolute atomic E-state index is 11.9. The van der Waals surface area contributed by atoms with Gasteiger partial charge in [0, 0.05) is 31.7 Å². The third-order valence-electron chi connectivity index (χ3n) is 3.58. The van der Waals surface area contributed by atoms with Gasteiger partial charge in [-0.3, -0.25) is 9.69 Å². The van der Waals surface area contributed by atoms with E-state index < -0.39 is 9.84 Å². The van der Waals surface area contributed by atoms with E-state index in [1.807, 2.05) is 0 Å². The molecular formula is C11H21N3O3S. The molecule has 6 nitrogen and oxygen atoms in total. The van der Waals surface area contributed by atoms with Crippen LogP contribution in [0.3, 0.4) is 0 Å². The lowest BCUT2D eigenvalue weighted by Crippen LogP contribution is -2.53. The number of hydrogen-bond donors (Lipinski definition) is 2. The number of piperazine rings is 1. The van der Waals surface area contributed by atoms with Crippen molar-refractivity contribution in [2.75, 3.05) is 37.7 Å². The Kier molecular flexibility index (Phi) is 4.24. The molecule has 0 saturated carbocycles. The Morgan fingerprint density at radius 2 is 2.28 bits per heavy atom. The standard InChI is InChI=1S/C11H21N3O3S/c1-9-6-12-3-4-14(9)7-11(15)13-10-2-5-18(16,17)8-10/h9-10,12H,2-8H2,1H3,(H,13,15)/t9-,10?/m0/s1. The number of sulfone groups is 1. The highest BCUT2D eigenvalue weighted by Gasteiger charge is 2.29. The number of hydrogen-bond acceptors (Lipinski definition) is 5. The molecule has 2 rings (SSSR count). The van der Waals surface area contributed by atoms with Crippen LogP contribution in [0, 0.1) is 0 Å². The molecule has 0 spiro atoms. The van der Waals surface area contributed by atoms with Crippen molar-refractivity contribution >= 4 is 15.7 Å². The van der Waals surface area contributed by atoms with Crippen LogP contribution in [-0.2, 0) is 14.6 Å². The third kappa shape index (κ3) is 3.66. The van der Waals surface area contributed by atoms with Gasteiger partial charge in [-0.15, -0.1) is 0 Å². The summed E-state index contributed by atoms with van der Waals surface area (Å²) in [4.78, 5) is 14.0. The fourth-order valence-corrected chi connectivity index (χ4v) is 4.16.